The van der Waals surface area contributed by atoms with Gasteiger partial charge in [-0.15, -0.1) is 0 Å². The first-order chi connectivity index (χ1) is 15.0. The monoisotopic (exact) mass is 433 g/mol. The zero-order chi connectivity index (χ0) is 21.7. The number of sulfonamides is 1. The van der Waals surface area contributed by atoms with Crippen LogP contribution in [0.5, 0.6) is 5.75 Å². The van der Waals surface area contributed by atoms with E-state index in [1.165, 1.54) is 0 Å². The second kappa shape index (κ2) is 9.06. The third kappa shape index (κ3) is 5.13. The van der Waals surface area contributed by atoms with Gasteiger partial charge in [-0.3, -0.25) is 9.71 Å². The molecule has 6 nitrogen and oxygen atoms in total. The third-order valence-electron chi connectivity index (χ3n) is 4.72. The lowest BCUT2D eigenvalue weighted by atomic mass is 10.1. The van der Waals surface area contributed by atoms with E-state index in [0.29, 0.717) is 30.0 Å². The molecule has 0 radical (unpaired) electrons. The number of hydrogen-bond acceptors (Lipinski definition) is 5. The second-order valence-corrected chi connectivity index (χ2v) is 8.78. The van der Waals surface area contributed by atoms with Gasteiger partial charge >= 0.3 is 0 Å². The summed E-state index contributed by atoms with van der Waals surface area (Å²) in [7, 11) is -3.76. The Bertz CT molecular complexity index is 1290. The summed E-state index contributed by atoms with van der Waals surface area (Å²) in [5, 5.41) is 4.80. The summed E-state index contributed by atoms with van der Waals surface area (Å²) in [5.41, 5.74) is 2.33. The van der Waals surface area contributed by atoms with Gasteiger partial charge in [0.15, 0.2) is 0 Å². The Labute approximate surface area is 182 Å². The number of benzene rings is 3. The van der Waals surface area contributed by atoms with Crippen molar-refractivity contribution in [3.05, 3.63) is 90.8 Å². The van der Waals surface area contributed by atoms with Gasteiger partial charge in [0.1, 0.15) is 12.4 Å². The van der Waals surface area contributed by atoms with Crippen molar-refractivity contribution >= 4 is 32.2 Å². The molecule has 0 atom stereocenters. The number of aryl methyl sites for hydroxylation is 1. The van der Waals surface area contributed by atoms with Crippen molar-refractivity contribution in [2.75, 3.05) is 23.2 Å². The molecule has 1 heterocycles. The minimum absolute atomic E-state index is 0.246. The molecule has 4 aromatic rings. The summed E-state index contributed by atoms with van der Waals surface area (Å²) < 4.78 is 34.7. The molecule has 0 amide bonds. The number of hydrogen-bond donors (Lipinski definition) is 2. The standard InChI is InChI=1S/C24H23N3O3S/c1-18-15-21(17-22(16-18)30-14-13-26-20-9-11-25-12-10-20)27-31(28,29)24-8-4-6-19-5-2-3-7-23(19)24/h2-12,15-17,27H,13-14H2,1H3,(H,25,26). The molecule has 158 valence electrons. The number of fused-ring (bicyclic) bond motifs is 1. The van der Waals surface area contributed by atoms with Crippen molar-refractivity contribution in [3.63, 3.8) is 0 Å². The van der Waals surface area contributed by atoms with Gasteiger partial charge in [-0.05, 0) is 48.2 Å². The molecule has 1 aromatic heterocycles. The van der Waals surface area contributed by atoms with E-state index < -0.39 is 10.0 Å². The maximum atomic E-state index is 13.1. The highest BCUT2D eigenvalue weighted by atomic mass is 32.2. The first-order valence-corrected chi connectivity index (χ1v) is 11.4. The molecule has 0 aliphatic heterocycles. The van der Waals surface area contributed by atoms with Crippen molar-refractivity contribution in [1.82, 2.24) is 4.98 Å². The van der Waals surface area contributed by atoms with Crippen LogP contribution in [0.15, 0.2) is 90.1 Å². The fourth-order valence-corrected chi connectivity index (χ4v) is 4.64. The minimum atomic E-state index is -3.76. The number of aromatic nitrogens is 1. The lowest BCUT2D eigenvalue weighted by Crippen LogP contribution is -2.14. The van der Waals surface area contributed by atoms with Crippen molar-refractivity contribution < 1.29 is 13.2 Å². The maximum absolute atomic E-state index is 13.1. The van der Waals surface area contributed by atoms with Crippen LogP contribution >= 0.6 is 0 Å². The fourth-order valence-electron chi connectivity index (χ4n) is 3.36. The molecule has 0 unspecified atom stereocenters. The molecule has 7 heteroatoms. The SMILES string of the molecule is Cc1cc(NS(=O)(=O)c2cccc3ccccc23)cc(OCCNc2ccncc2)c1. The van der Waals surface area contributed by atoms with Gasteiger partial charge in [0.2, 0.25) is 0 Å². The molecule has 0 saturated carbocycles. The normalized spacial score (nSPS) is 11.3. The molecule has 0 aliphatic rings. The molecular formula is C24H23N3O3S. The van der Waals surface area contributed by atoms with E-state index in [4.69, 9.17) is 4.74 Å². The molecule has 0 spiro atoms. The van der Waals surface area contributed by atoms with E-state index in [1.54, 1.807) is 36.7 Å². The average molecular weight is 434 g/mol. The van der Waals surface area contributed by atoms with E-state index in [-0.39, 0.29) is 4.90 Å². The Morgan fingerprint density at radius 2 is 1.68 bits per heavy atom. The Kier molecular flexibility index (Phi) is 6.04. The van der Waals surface area contributed by atoms with Crippen molar-refractivity contribution in [2.45, 2.75) is 11.8 Å². The van der Waals surface area contributed by atoms with E-state index in [1.807, 2.05) is 55.5 Å². The van der Waals surface area contributed by atoms with Gasteiger partial charge in [0, 0.05) is 36.1 Å². The van der Waals surface area contributed by atoms with Gasteiger partial charge in [0.05, 0.1) is 10.6 Å². The van der Waals surface area contributed by atoms with Crippen LogP contribution in [-0.2, 0) is 10.0 Å². The molecular weight excluding hydrogens is 410 g/mol. The predicted octanol–water partition coefficient (Wildman–Crippen LogP) is 4.83. The molecule has 0 fully saturated rings. The van der Waals surface area contributed by atoms with Crippen LogP contribution in [0.1, 0.15) is 5.56 Å². The third-order valence-corrected chi connectivity index (χ3v) is 6.16. The number of nitrogens with zero attached hydrogens (tertiary/aromatic N) is 1. The molecule has 0 aliphatic carbocycles. The first kappa shape index (κ1) is 20.7. The largest absolute Gasteiger partial charge is 0.492 e. The highest BCUT2D eigenvalue weighted by molar-refractivity contribution is 7.93. The molecule has 2 N–H and O–H groups in total. The van der Waals surface area contributed by atoms with E-state index in [2.05, 4.69) is 15.0 Å². The van der Waals surface area contributed by atoms with Crippen molar-refractivity contribution in [3.8, 4) is 5.75 Å². The van der Waals surface area contributed by atoms with Gasteiger partial charge in [-0.1, -0.05) is 36.4 Å². The quantitative estimate of drug-likeness (QED) is 0.389. The van der Waals surface area contributed by atoms with Crippen LogP contribution in [0, 0.1) is 6.92 Å². The summed E-state index contributed by atoms with van der Waals surface area (Å²) in [6.45, 7) is 2.94. The van der Waals surface area contributed by atoms with Gasteiger partial charge < -0.3 is 10.1 Å². The summed E-state index contributed by atoms with van der Waals surface area (Å²) in [6.07, 6.45) is 3.44. The average Bonchev–Trinajstić information content (AvgIpc) is 2.76. The second-order valence-electron chi connectivity index (χ2n) is 7.13. The molecule has 0 saturated heterocycles. The van der Waals surface area contributed by atoms with E-state index in [0.717, 1.165) is 16.6 Å². The summed E-state index contributed by atoms with van der Waals surface area (Å²) >= 11 is 0. The lowest BCUT2D eigenvalue weighted by Gasteiger charge is -2.14. The fraction of sp³-hybridized carbons (Fsp3) is 0.125. The van der Waals surface area contributed by atoms with Gasteiger partial charge in [-0.25, -0.2) is 8.42 Å². The van der Waals surface area contributed by atoms with Crippen LogP contribution < -0.4 is 14.8 Å². The highest BCUT2D eigenvalue weighted by Crippen LogP contribution is 2.27. The summed E-state index contributed by atoms with van der Waals surface area (Å²) in [6, 6.07) is 21.8. The van der Waals surface area contributed by atoms with Gasteiger partial charge in [0.25, 0.3) is 10.0 Å². The lowest BCUT2D eigenvalue weighted by molar-refractivity contribution is 0.333. The Morgan fingerprint density at radius 3 is 2.52 bits per heavy atom. The van der Waals surface area contributed by atoms with Crippen molar-refractivity contribution in [1.29, 1.82) is 0 Å². The highest BCUT2D eigenvalue weighted by Gasteiger charge is 2.17. The number of pyridine rings is 1. The van der Waals surface area contributed by atoms with E-state index >= 15 is 0 Å². The van der Waals surface area contributed by atoms with Crippen LogP contribution in [0.2, 0.25) is 0 Å². The van der Waals surface area contributed by atoms with Crippen molar-refractivity contribution in [2.24, 2.45) is 0 Å². The number of nitrogens with one attached hydrogen (secondary N) is 2. The molecule has 0 bridgehead atoms. The summed E-state index contributed by atoms with van der Waals surface area (Å²) in [4.78, 5) is 4.23. The first-order valence-electron chi connectivity index (χ1n) is 9.90. The van der Waals surface area contributed by atoms with Crippen LogP contribution in [0.3, 0.4) is 0 Å². The Hall–Kier alpha value is -3.58. The molecule has 4 rings (SSSR count). The summed E-state index contributed by atoms with van der Waals surface area (Å²) in [5.74, 6) is 0.604. The predicted molar refractivity (Wildman–Crippen MR) is 124 cm³/mol. The topological polar surface area (TPSA) is 80.3 Å². The number of rotatable bonds is 8. The van der Waals surface area contributed by atoms with Crippen LogP contribution in [-0.4, -0.2) is 26.6 Å². The zero-order valence-corrected chi connectivity index (χ0v) is 17.9. The molecule has 3 aromatic carbocycles. The zero-order valence-electron chi connectivity index (χ0n) is 17.1. The minimum Gasteiger partial charge on any atom is -0.492 e. The smallest absolute Gasteiger partial charge is 0.262 e. The Balaban J connectivity index is 1.47. The van der Waals surface area contributed by atoms with Crippen LogP contribution in [0.4, 0.5) is 11.4 Å². The Morgan fingerprint density at radius 1 is 0.903 bits per heavy atom. The molecule has 31 heavy (non-hydrogen) atoms. The maximum Gasteiger partial charge on any atom is 0.262 e. The number of anilines is 2. The number of ether oxygens (including phenoxy) is 1. The van der Waals surface area contributed by atoms with Gasteiger partial charge in [-0.2, -0.15) is 0 Å². The van der Waals surface area contributed by atoms with E-state index in [9.17, 15) is 8.42 Å². The van der Waals surface area contributed by atoms with Crippen LogP contribution in [0.25, 0.3) is 10.8 Å².